The van der Waals surface area contributed by atoms with Crippen molar-refractivity contribution in [3.8, 4) is 0 Å². The monoisotopic (exact) mass is 240 g/mol. The topological polar surface area (TPSA) is 26.3 Å². The molecule has 0 N–H and O–H groups in total. The molecule has 0 unspecified atom stereocenters. The lowest BCUT2D eigenvalue weighted by Crippen LogP contribution is -2.61. The van der Waals surface area contributed by atoms with Crippen LogP contribution in [0.5, 0.6) is 0 Å². The van der Waals surface area contributed by atoms with Crippen molar-refractivity contribution in [2.24, 2.45) is 5.92 Å². The van der Waals surface area contributed by atoms with Gasteiger partial charge in [-0.1, -0.05) is 53.4 Å². The second kappa shape index (κ2) is 6.53. The molecule has 0 radical (unpaired) electrons. The van der Waals surface area contributed by atoms with Gasteiger partial charge in [0.15, 0.2) is 5.78 Å². The minimum atomic E-state index is -0.397. The van der Waals surface area contributed by atoms with Crippen molar-refractivity contribution in [3.05, 3.63) is 0 Å². The van der Waals surface area contributed by atoms with Gasteiger partial charge in [-0.2, -0.15) is 0 Å². The van der Waals surface area contributed by atoms with Crippen LogP contribution in [0, 0.1) is 5.92 Å². The highest BCUT2D eigenvalue weighted by Crippen LogP contribution is 2.40. The SMILES string of the molecule is CCCCC1(CCCC)O[C@@H](CC(C)C)C1=O. The summed E-state index contributed by atoms with van der Waals surface area (Å²) >= 11 is 0. The number of Topliss-reactive ketones (excluding diaryl/α,β-unsaturated/α-hetero) is 1. The highest BCUT2D eigenvalue weighted by molar-refractivity contribution is 5.96. The molecule has 0 aromatic heterocycles. The minimum absolute atomic E-state index is 0.108. The normalized spacial score (nSPS) is 22.9. The molecule has 1 heterocycles. The van der Waals surface area contributed by atoms with Crippen molar-refractivity contribution in [3.63, 3.8) is 0 Å². The van der Waals surface area contributed by atoms with Crippen LogP contribution in [0.25, 0.3) is 0 Å². The van der Waals surface area contributed by atoms with Crippen molar-refractivity contribution < 1.29 is 9.53 Å². The zero-order chi connectivity index (χ0) is 12.9. The summed E-state index contributed by atoms with van der Waals surface area (Å²) in [5.74, 6) is 0.924. The zero-order valence-electron chi connectivity index (χ0n) is 11.9. The molecule has 2 nitrogen and oxygen atoms in total. The number of hydrogen-bond acceptors (Lipinski definition) is 2. The maximum absolute atomic E-state index is 12.3. The Hall–Kier alpha value is -0.370. The lowest BCUT2D eigenvalue weighted by Gasteiger charge is -2.47. The largest absolute Gasteiger partial charge is 0.356 e. The molecule has 0 aromatic rings. The molecule has 1 aliphatic heterocycles. The van der Waals surface area contributed by atoms with Gasteiger partial charge in [-0.3, -0.25) is 4.79 Å². The van der Waals surface area contributed by atoms with Gasteiger partial charge in [0.2, 0.25) is 0 Å². The summed E-state index contributed by atoms with van der Waals surface area (Å²) in [6, 6.07) is 0. The summed E-state index contributed by atoms with van der Waals surface area (Å²) in [5, 5.41) is 0. The first-order chi connectivity index (χ1) is 8.05. The van der Waals surface area contributed by atoms with Crippen LogP contribution in [-0.2, 0) is 9.53 Å². The van der Waals surface area contributed by atoms with Gasteiger partial charge in [-0.15, -0.1) is 0 Å². The van der Waals surface area contributed by atoms with Crippen LogP contribution in [0.2, 0.25) is 0 Å². The molecule has 17 heavy (non-hydrogen) atoms. The number of rotatable bonds is 8. The maximum atomic E-state index is 12.3. The smallest absolute Gasteiger partial charge is 0.193 e. The average Bonchev–Trinajstić information content (AvgIpc) is 2.30. The fourth-order valence-electron chi connectivity index (χ4n) is 2.62. The fourth-order valence-corrected chi connectivity index (χ4v) is 2.62. The summed E-state index contributed by atoms with van der Waals surface area (Å²) < 4.78 is 6.00. The van der Waals surface area contributed by atoms with E-state index in [-0.39, 0.29) is 6.10 Å². The molecular weight excluding hydrogens is 212 g/mol. The zero-order valence-corrected chi connectivity index (χ0v) is 11.9. The molecule has 2 heteroatoms. The first-order valence-corrected chi connectivity index (χ1v) is 7.28. The Bertz CT molecular complexity index is 237. The van der Waals surface area contributed by atoms with Gasteiger partial charge in [0.1, 0.15) is 11.7 Å². The number of ether oxygens (including phenoxy) is 1. The molecular formula is C15H28O2. The van der Waals surface area contributed by atoms with Crippen LogP contribution in [-0.4, -0.2) is 17.5 Å². The third kappa shape index (κ3) is 3.54. The molecule has 1 fully saturated rings. The van der Waals surface area contributed by atoms with Gasteiger partial charge in [-0.05, 0) is 25.2 Å². The molecule has 1 rings (SSSR count). The fraction of sp³-hybridized carbons (Fsp3) is 0.933. The molecule has 0 spiro atoms. The van der Waals surface area contributed by atoms with Gasteiger partial charge in [0.05, 0.1) is 0 Å². The maximum Gasteiger partial charge on any atom is 0.193 e. The lowest BCUT2D eigenvalue weighted by atomic mass is 9.77. The van der Waals surface area contributed by atoms with Crippen LogP contribution < -0.4 is 0 Å². The summed E-state index contributed by atoms with van der Waals surface area (Å²) in [6.45, 7) is 8.63. The highest BCUT2D eigenvalue weighted by atomic mass is 16.6. The Kier molecular flexibility index (Phi) is 5.64. The molecule has 0 saturated carbocycles. The molecule has 100 valence electrons. The van der Waals surface area contributed by atoms with E-state index in [2.05, 4.69) is 27.7 Å². The number of hydrogen-bond donors (Lipinski definition) is 0. The molecule has 0 bridgehead atoms. The van der Waals surface area contributed by atoms with Gasteiger partial charge < -0.3 is 4.74 Å². The molecule has 1 saturated heterocycles. The Labute approximate surface area is 106 Å². The quantitative estimate of drug-likeness (QED) is 0.638. The van der Waals surface area contributed by atoms with Crippen LogP contribution >= 0.6 is 0 Å². The van der Waals surface area contributed by atoms with Crippen molar-refractivity contribution >= 4 is 5.78 Å². The molecule has 0 aliphatic carbocycles. The minimum Gasteiger partial charge on any atom is -0.356 e. The Morgan fingerprint density at radius 3 is 2.06 bits per heavy atom. The van der Waals surface area contributed by atoms with Gasteiger partial charge in [-0.25, -0.2) is 0 Å². The molecule has 1 aliphatic rings. The van der Waals surface area contributed by atoms with Crippen molar-refractivity contribution in [2.45, 2.75) is 84.3 Å². The summed E-state index contributed by atoms with van der Waals surface area (Å²) in [5.41, 5.74) is -0.397. The molecule has 0 amide bonds. The van der Waals surface area contributed by atoms with Crippen molar-refractivity contribution in [1.29, 1.82) is 0 Å². The van der Waals surface area contributed by atoms with E-state index in [0.717, 1.165) is 44.9 Å². The van der Waals surface area contributed by atoms with Crippen LogP contribution in [0.15, 0.2) is 0 Å². The van der Waals surface area contributed by atoms with Gasteiger partial charge >= 0.3 is 0 Å². The Balaban J connectivity index is 2.53. The van der Waals surface area contributed by atoms with Gasteiger partial charge in [0.25, 0.3) is 0 Å². The molecule has 1 atom stereocenters. The summed E-state index contributed by atoms with van der Waals surface area (Å²) in [4.78, 5) is 12.3. The third-order valence-corrected chi connectivity index (χ3v) is 3.66. The van der Waals surface area contributed by atoms with Crippen LogP contribution in [0.4, 0.5) is 0 Å². The predicted molar refractivity (Wildman–Crippen MR) is 71.1 cm³/mol. The van der Waals surface area contributed by atoms with E-state index in [0.29, 0.717) is 11.7 Å². The van der Waals surface area contributed by atoms with Crippen molar-refractivity contribution in [1.82, 2.24) is 0 Å². The van der Waals surface area contributed by atoms with E-state index in [1.165, 1.54) is 0 Å². The number of carbonyl (C=O) groups excluding carboxylic acids is 1. The highest BCUT2D eigenvalue weighted by Gasteiger charge is 2.53. The van der Waals surface area contributed by atoms with E-state index in [1.54, 1.807) is 0 Å². The summed E-state index contributed by atoms with van der Waals surface area (Å²) in [6.07, 6.45) is 7.11. The standard InChI is InChI=1S/C15H28O2/c1-5-7-9-15(10-8-6-2)14(16)13(17-15)11-12(3)4/h12-13H,5-11H2,1-4H3/t13-/m0/s1. The number of carbonyl (C=O) groups is 1. The predicted octanol–water partition coefficient (Wildman–Crippen LogP) is 4.12. The third-order valence-electron chi connectivity index (χ3n) is 3.66. The van der Waals surface area contributed by atoms with Crippen LogP contribution in [0.3, 0.4) is 0 Å². The van der Waals surface area contributed by atoms with Crippen molar-refractivity contribution in [2.75, 3.05) is 0 Å². The van der Waals surface area contributed by atoms with E-state index < -0.39 is 5.60 Å². The van der Waals surface area contributed by atoms with Gasteiger partial charge in [0, 0.05) is 0 Å². The Morgan fingerprint density at radius 1 is 1.18 bits per heavy atom. The lowest BCUT2D eigenvalue weighted by molar-refractivity contribution is -0.209. The first-order valence-electron chi connectivity index (χ1n) is 7.28. The van der Waals surface area contributed by atoms with E-state index >= 15 is 0 Å². The van der Waals surface area contributed by atoms with E-state index in [1.807, 2.05) is 0 Å². The second-order valence-corrected chi connectivity index (χ2v) is 5.80. The van der Waals surface area contributed by atoms with E-state index in [9.17, 15) is 4.79 Å². The van der Waals surface area contributed by atoms with Crippen LogP contribution in [0.1, 0.15) is 72.6 Å². The number of unbranched alkanes of at least 4 members (excludes halogenated alkanes) is 2. The Morgan fingerprint density at radius 2 is 1.71 bits per heavy atom. The number of ketones is 1. The first kappa shape index (κ1) is 14.7. The van der Waals surface area contributed by atoms with E-state index in [4.69, 9.17) is 4.74 Å². The summed E-state index contributed by atoms with van der Waals surface area (Å²) in [7, 11) is 0. The molecule has 0 aromatic carbocycles. The second-order valence-electron chi connectivity index (χ2n) is 5.80. The average molecular weight is 240 g/mol.